The second-order valence-corrected chi connectivity index (χ2v) is 8.91. The van der Waals surface area contributed by atoms with Gasteiger partial charge >= 0.3 is 0 Å². The Balaban J connectivity index is 1.46. The van der Waals surface area contributed by atoms with E-state index in [0.29, 0.717) is 40.9 Å². The molecule has 1 atom stereocenters. The van der Waals surface area contributed by atoms with Gasteiger partial charge in [0.1, 0.15) is 5.82 Å². The first-order chi connectivity index (χ1) is 16.0. The monoisotopic (exact) mass is 487 g/mol. The minimum absolute atomic E-state index is 0.122. The minimum atomic E-state index is -0.304. The highest BCUT2D eigenvalue weighted by Crippen LogP contribution is 2.25. The van der Waals surface area contributed by atoms with Crippen molar-refractivity contribution in [3.8, 4) is 0 Å². The Morgan fingerprint density at radius 3 is 2.55 bits per heavy atom. The number of carbonyl (C=O) groups excluding carboxylic acids is 2. The van der Waals surface area contributed by atoms with Crippen molar-refractivity contribution in [1.82, 2.24) is 10.2 Å². The molecule has 2 N–H and O–H groups in total. The van der Waals surface area contributed by atoms with Gasteiger partial charge in [-0.15, -0.1) is 11.3 Å². The molecule has 2 heterocycles. The van der Waals surface area contributed by atoms with Gasteiger partial charge in [0.25, 0.3) is 11.8 Å². The van der Waals surface area contributed by atoms with E-state index in [1.807, 2.05) is 5.38 Å². The largest absolute Gasteiger partial charge is 0.379 e. The van der Waals surface area contributed by atoms with Crippen LogP contribution in [0.2, 0.25) is 5.02 Å². The van der Waals surface area contributed by atoms with Crippen LogP contribution in [0.5, 0.6) is 0 Å². The molecule has 0 radical (unpaired) electrons. The van der Waals surface area contributed by atoms with Crippen LogP contribution in [-0.4, -0.2) is 49.6 Å². The van der Waals surface area contributed by atoms with Crippen LogP contribution in [0.25, 0.3) is 0 Å². The van der Waals surface area contributed by atoms with Gasteiger partial charge in [0.15, 0.2) is 0 Å². The maximum Gasteiger partial charge on any atom is 0.265 e. The molecule has 3 aromatic rings. The highest BCUT2D eigenvalue weighted by molar-refractivity contribution is 7.12. The van der Waals surface area contributed by atoms with Crippen LogP contribution < -0.4 is 10.6 Å². The number of rotatable bonds is 7. The fourth-order valence-electron chi connectivity index (χ4n) is 3.68. The predicted octanol–water partition coefficient (Wildman–Crippen LogP) is 4.60. The highest BCUT2D eigenvalue weighted by Gasteiger charge is 2.24. The number of carbonyl (C=O) groups is 2. The maximum absolute atomic E-state index is 13.4. The quantitative estimate of drug-likeness (QED) is 0.511. The highest BCUT2D eigenvalue weighted by atomic mass is 35.5. The summed E-state index contributed by atoms with van der Waals surface area (Å²) in [6.45, 7) is 2.99. The van der Waals surface area contributed by atoms with Crippen molar-refractivity contribution in [3.05, 3.63) is 86.8 Å². The van der Waals surface area contributed by atoms with E-state index >= 15 is 0 Å². The molecule has 0 spiro atoms. The van der Waals surface area contributed by atoms with Crippen molar-refractivity contribution in [3.63, 3.8) is 0 Å². The fraction of sp³-hybridized carbons (Fsp3) is 0.250. The third-order valence-electron chi connectivity index (χ3n) is 5.42. The van der Waals surface area contributed by atoms with E-state index in [-0.39, 0.29) is 23.7 Å². The summed E-state index contributed by atoms with van der Waals surface area (Å²) in [6.07, 6.45) is 0. The van der Waals surface area contributed by atoms with Crippen LogP contribution in [0, 0.1) is 5.82 Å². The lowest BCUT2D eigenvalue weighted by molar-refractivity contribution is 0.0162. The Kier molecular flexibility index (Phi) is 7.72. The number of anilines is 1. The molecule has 1 aromatic heterocycles. The summed E-state index contributed by atoms with van der Waals surface area (Å²) in [4.78, 5) is 28.1. The van der Waals surface area contributed by atoms with Gasteiger partial charge in [-0.3, -0.25) is 14.5 Å². The lowest BCUT2D eigenvalue weighted by Crippen LogP contribution is -2.43. The number of halogens is 2. The van der Waals surface area contributed by atoms with Gasteiger partial charge in [-0.1, -0.05) is 29.8 Å². The molecule has 9 heteroatoms. The van der Waals surface area contributed by atoms with E-state index in [9.17, 15) is 14.0 Å². The average molecular weight is 488 g/mol. The molecule has 0 saturated carbocycles. The first-order valence-corrected chi connectivity index (χ1v) is 11.8. The normalized spacial score (nSPS) is 15.1. The second-order valence-electron chi connectivity index (χ2n) is 7.55. The number of hydrogen-bond donors (Lipinski definition) is 2. The van der Waals surface area contributed by atoms with E-state index in [1.54, 1.807) is 42.5 Å². The Morgan fingerprint density at radius 1 is 1.09 bits per heavy atom. The molecule has 4 rings (SSSR count). The number of thiophene rings is 1. The maximum atomic E-state index is 13.4. The van der Waals surface area contributed by atoms with E-state index in [0.717, 1.165) is 18.7 Å². The third kappa shape index (κ3) is 5.97. The molecule has 172 valence electrons. The van der Waals surface area contributed by atoms with Crippen LogP contribution in [0.4, 0.5) is 10.1 Å². The lowest BCUT2D eigenvalue weighted by atomic mass is 10.0. The number of amides is 2. The number of hydrogen-bond acceptors (Lipinski definition) is 5. The molecule has 2 aromatic carbocycles. The summed E-state index contributed by atoms with van der Waals surface area (Å²) in [5, 5.41) is 7.88. The van der Waals surface area contributed by atoms with Gasteiger partial charge in [0.05, 0.1) is 34.8 Å². The summed E-state index contributed by atoms with van der Waals surface area (Å²) in [6, 6.07) is 14.5. The molecule has 0 bridgehead atoms. The summed E-state index contributed by atoms with van der Waals surface area (Å²) < 4.78 is 18.9. The molecule has 0 aliphatic carbocycles. The van der Waals surface area contributed by atoms with E-state index in [2.05, 4.69) is 15.5 Å². The first-order valence-electron chi connectivity index (χ1n) is 10.5. The Labute approximate surface area is 200 Å². The number of benzene rings is 2. The van der Waals surface area contributed by atoms with Crippen LogP contribution in [-0.2, 0) is 4.74 Å². The third-order valence-corrected chi connectivity index (χ3v) is 6.62. The molecule has 6 nitrogen and oxygen atoms in total. The average Bonchev–Trinajstić information content (AvgIpc) is 3.37. The standard InChI is InChI=1S/C24H23ClFN3O3S/c25-19-8-5-17(14-20(19)28-24(31)22-2-1-13-33-22)23(30)27-15-21(29-9-11-32-12-10-29)16-3-6-18(26)7-4-16/h1-8,13-14,21H,9-12,15H2,(H,27,30)(H,28,31). The van der Waals surface area contributed by atoms with Crippen molar-refractivity contribution < 1.29 is 18.7 Å². The van der Waals surface area contributed by atoms with Gasteiger partial charge in [-0.05, 0) is 47.3 Å². The topological polar surface area (TPSA) is 70.7 Å². The summed E-state index contributed by atoms with van der Waals surface area (Å²) in [5.74, 6) is -0.881. The zero-order valence-electron chi connectivity index (χ0n) is 17.7. The van der Waals surface area contributed by atoms with Gasteiger partial charge < -0.3 is 15.4 Å². The minimum Gasteiger partial charge on any atom is -0.379 e. The number of morpholine rings is 1. The van der Waals surface area contributed by atoms with E-state index < -0.39 is 0 Å². The molecular formula is C24H23ClFN3O3S. The Morgan fingerprint density at radius 2 is 1.85 bits per heavy atom. The SMILES string of the molecule is O=C(NCC(c1ccc(F)cc1)N1CCOCC1)c1ccc(Cl)c(NC(=O)c2cccs2)c1. The second kappa shape index (κ2) is 10.9. The van der Waals surface area contributed by atoms with Crippen LogP contribution in [0.1, 0.15) is 31.6 Å². The first kappa shape index (κ1) is 23.4. The van der Waals surface area contributed by atoms with Gasteiger partial charge in [0, 0.05) is 25.2 Å². The lowest BCUT2D eigenvalue weighted by Gasteiger charge is -2.35. The number of nitrogens with zero attached hydrogens (tertiary/aromatic N) is 1. The van der Waals surface area contributed by atoms with E-state index in [1.165, 1.54) is 23.5 Å². The molecule has 1 aliphatic rings. The van der Waals surface area contributed by atoms with Crippen molar-refractivity contribution in [2.45, 2.75) is 6.04 Å². The molecule has 1 saturated heterocycles. The van der Waals surface area contributed by atoms with Crippen molar-refractivity contribution in [2.24, 2.45) is 0 Å². The Hall–Kier alpha value is -2.78. The summed E-state index contributed by atoms with van der Waals surface area (Å²) >= 11 is 7.55. The number of nitrogens with one attached hydrogen (secondary N) is 2. The fourth-order valence-corrected chi connectivity index (χ4v) is 4.46. The molecule has 1 aliphatic heterocycles. The van der Waals surface area contributed by atoms with Crippen LogP contribution in [0.3, 0.4) is 0 Å². The van der Waals surface area contributed by atoms with Crippen LogP contribution in [0.15, 0.2) is 60.0 Å². The van der Waals surface area contributed by atoms with Crippen molar-refractivity contribution in [1.29, 1.82) is 0 Å². The van der Waals surface area contributed by atoms with Crippen molar-refractivity contribution in [2.75, 3.05) is 38.2 Å². The zero-order valence-corrected chi connectivity index (χ0v) is 19.3. The predicted molar refractivity (Wildman–Crippen MR) is 128 cm³/mol. The molecule has 2 amide bonds. The molecule has 33 heavy (non-hydrogen) atoms. The summed E-state index contributed by atoms with van der Waals surface area (Å²) in [7, 11) is 0. The van der Waals surface area contributed by atoms with Gasteiger partial charge in [-0.2, -0.15) is 0 Å². The Bertz CT molecular complexity index is 1100. The van der Waals surface area contributed by atoms with Gasteiger partial charge in [0.2, 0.25) is 0 Å². The smallest absolute Gasteiger partial charge is 0.265 e. The molecule has 1 unspecified atom stereocenters. The van der Waals surface area contributed by atoms with Crippen molar-refractivity contribution >= 4 is 40.4 Å². The number of ether oxygens (including phenoxy) is 1. The molecular weight excluding hydrogens is 465 g/mol. The zero-order chi connectivity index (χ0) is 23.2. The van der Waals surface area contributed by atoms with E-state index in [4.69, 9.17) is 16.3 Å². The van der Waals surface area contributed by atoms with Crippen LogP contribution >= 0.6 is 22.9 Å². The summed E-state index contributed by atoms with van der Waals surface area (Å²) in [5.41, 5.74) is 1.66. The molecule has 1 fully saturated rings. The van der Waals surface area contributed by atoms with Gasteiger partial charge in [-0.25, -0.2) is 4.39 Å².